The lowest BCUT2D eigenvalue weighted by Crippen LogP contribution is -2.54. The number of carbonyl (C=O) groups is 3. The van der Waals surface area contributed by atoms with Gasteiger partial charge in [-0.1, -0.05) is 0 Å². The summed E-state index contributed by atoms with van der Waals surface area (Å²) >= 11 is 0. The van der Waals surface area contributed by atoms with Gasteiger partial charge in [-0.2, -0.15) is 22.0 Å². The molecule has 0 aliphatic carbocycles. The van der Waals surface area contributed by atoms with E-state index in [0.717, 1.165) is 0 Å². The van der Waals surface area contributed by atoms with Crippen LogP contribution in [0.1, 0.15) is 6.42 Å². The standard InChI is InChI=1S/C9H8F5N3O3/c10-8(11,9(12,13)14)5(19)17-2-1-7(3-17)4(18)15-6(20)16-7/h1-3H2,(H2,15,16,18,20). The maximum atomic E-state index is 12.9. The maximum absolute atomic E-state index is 12.9. The summed E-state index contributed by atoms with van der Waals surface area (Å²) in [4.78, 5) is 33.9. The summed E-state index contributed by atoms with van der Waals surface area (Å²) in [5.74, 6) is -8.82. The number of alkyl halides is 5. The number of hydrogen-bond donors (Lipinski definition) is 2. The minimum Gasteiger partial charge on any atom is -0.334 e. The summed E-state index contributed by atoms with van der Waals surface area (Å²) in [6.07, 6.45) is -6.24. The summed E-state index contributed by atoms with van der Waals surface area (Å²) in [6.45, 7) is -1.22. The molecule has 112 valence electrons. The first-order valence-electron chi connectivity index (χ1n) is 5.37. The Balaban J connectivity index is 2.16. The lowest BCUT2D eigenvalue weighted by atomic mass is 9.99. The lowest BCUT2D eigenvalue weighted by molar-refractivity contribution is -0.274. The fourth-order valence-corrected chi connectivity index (χ4v) is 2.12. The summed E-state index contributed by atoms with van der Waals surface area (Å²) < 4.78 is 62.1. The molecule has 11 heteroatoms. The average molecular weight is 301 g/mol. The van der Waals surface area contributed by atoms with E-state index in [-0.39, 0.29) is 11.3 Å². The Bertz CT molecular complexity index is 492. The zero-order valence-electron chi connectivity index (χ0n) is 9.68. The number of nitrogens with zero attached hydrogens (tertiary/aromatic N) is 1. The average Bonchev–Trinajstić information content (AvgIpc) is 2.82. The monoisotopic (exact) mass is 301 g/mol. The Kier molecular flexibility index (Phi) is 2.91. The number of urea groups is 1. The molecule has 20 heavy (non-hydrogen) atoms. The van der Waals surface area contributed by atoms with Gasteiger partial charge in [0.15, 0.2) is 0 Å². The minimum atomic E-state index is -6.01. The van der Waals surface area contributed by atoms with E-state index < -0.39 is 48.6 Å². The molecule has 2 aliphatic heterocycles. The smallest absolute Gasteiger partial charge is 0.334 e. The number of likely N-dealkylation sites (tertiary alicyclic amines) is 1. The molecule has 2 N–H and O–H groups in total. The predicted octanol–water partition coefficient (Wildman–Crippen LogP) is -0.00550. The molecule has 1 spiro atoms. The van der Waals surface area contributed by atoms with E-state index in [9.17, 15) is 36.3 Å². The molecule has 0 bridgehead atoms. The van der Waals surface area contributed by atoms with Gasteiger partial charge in [0.2, 0.25) is 0 Å². The molecule has 0 aromatic heterocycles. The van der Waals surface area contributed by atoms with Crippen molar-refractivity contribution in [3.05, 3.63) is 0 Å². The Morgan fingerprint density at radius 2 is 1.80 bits per heavy atom. The molecule has 0 saturated carbocycles. The molecule has 2 heterocycles. The maximum Gasteiger partial charge on any atom is 0.463 e. The van der Waals surface area contributed by atoms with Crippen molar-refractivity contribution in [3.8, 4) is 0 Å². The highest BCUT2D eigenvalue weighted by molar-refractivity contribution is 6.07. The van der Waals surface area contributed by atoms with E-state index in [1.54, 1.807) is 0 Å². The number of hydrogen-bond acceptors (Lipinski definition) is 3. The van der Waals surface area contributed by atoms with Crippen LogP contribution in [0.5, 0.6) is 0 Å². The second kappa shape index (κ2) is 4.03. The highest BCUT2D eigenvalue weighted by atomic mass is 19.4. The van der Waals surface area contributed by atoms with Crippen LogP contribution in [-0.4, -0.2) is 53.5 Å². The van der Waals surface area contributed by atoms with Crippen molar-refractivity contribution in [2.24, 2.45) is 0 Å². The van der Waals surface area contributed by atoms with Crippen molar-refractivity contribution >= 4 is 17.8 Å². The molecule has 1 atom stereocenters. The van der Waals surface area contributed by atoms with Gasteiger partial charge in [-0.25, -0.2) is 4.79 Å². The molecule has 0 aromatic carbocycles. The summed E-state index contributed by atoms with van der Waals surface area (Å²) in [5.41, 5.74) is -1.63. The summed E-state index contributed by atoms with van der Waals surface area (Å²) in [5, 5.41) is 3.98. The molecule has 2 aliphatic rings. The number of amides is 4. The normalized spacial score (nSPS) is 26.9. The van der Waals surface area contributed by atoms with E-state index in [1.807, 2.05) is 5.32 Å². The van der Waals surface area contributed by atoms with Crippen molar-refractivity contribution in [1.29, 1.82) is 0 Å². The van der Waals surface area contributed by atoms with Crippen molar-refractivity contribution in [3.63, 3.8) is 0 Å². The number of carbonyl (C=O) groups excluding carboxylic acids is 3. The van der Waals surface area contributed by atoms with Gasteiger partial charge in [0.25, 0.3) is 5.91 Å². The van der Waals surface area contributed by atoms with Gasteiger partial charge in [-0.15, -0.1) is 0 Å². The van der Waals surface area contributed by atoms with Crippen molar-refractivity contribution in [2.45, 2.75) is 24.1 Å². The van der Waals surface area contributed by atoms with Crippen LogP contribution in [-0.2, 0) is 9.59 Å². The second-order valence-electron chi connectivity index (χ2n) is 4.54. The first kappa shape index (κ1) is 14.5. The van der Waals surface area contributed by atoms with Gasteiger partial charge in [-0.3, -0.25) is 14.9 Å². The van der Waals surface area contributed by atoms with E-state index >= 15 is 0 Å². The largest absolute Gasteiger partial charge is 0.463 e. The molecule has 6 nitrogen and oxygen atoms in total. The molecule has 2 rings (SSSR count). The fraction of sp³-hybridized carbons (Fsp3) is 0.667. The Morgan fingerprint density at radius 1 is 1.20 bits per heavy atom. The lowest BCUT2D eigenvalue weighted by Gasteiger charge is -2.25. The second-order valence-corrected chi connectivity index (χ2v) is 4.54. The molecule has 2 fully saturated rings. The van der Waals surface area contributed by atoms with Gasteiger partial charge in [0.05, 0.1) is 6.54 Å². The Morgan fingerprint density at radius 3 is 2.25 bits per heavy atom. The van der Waals surface area contributed by atoms with Crippen molar-refractivity contribution < 1.29 is 36.3 Å². The first-order valence-corrected chi connectivity index (χ1v) is 5.37. The summed E-state index contributed by atoms with van der Waals surface area (Å²) in [7, 11) is 0. The SMILES string of the molecule is O=C1NC(=O)C2(CCN(C(=O)C(F)(F)C(F)(F)F)C2)N1. The summed E-state index contributed by atoms with van der Waals surface area (Å²) in [6, 6.07) is -0.883. The van der Waals surface area contributed by atoms with Crippen LogP contribution in [0, 0.1) is 0 Å². The number of halogens is 5. The molecular weight excluding hydrogens is 293 g/mol. The number of rotatable bonds is 1. The molecule has 0 radical (unpaired) electrons. The quantitative estimate of drug-likeness (QED) is 0.528. The van der Waals surface area contributed by atoms with E-state index in [1.165, 1.54) is 0 Å². The van der Waals surface area contributed by atoms with Gasteiger partial charge in [0.1, 0.15) is 5.54 Å². The zero-order valence-corrected chi connectivity index (χ0v) is 9.68. The van der Waals surface area contributed by atoms with E-state index in [0.29, 0.717) is 0 Å². The van der Waals surface area contributed by atoms with Crippen molar-refractivity contribution in [2.75, 3.05) is 13.1 Å². The molecule has 0 aromatic rings. The van der Waals surface area contributed by atoms with Gasteiger partial charge < -0.3 is 10.2 Å². The number of nitrogens with one attached hydrogen (secondary N) is 2. The third-order valence-corrected chi connectivity index (χ3v) is 3.20. The van der Waals surface area contributed by atoms with Crippen LogP contribution in [0.15, 0.2) is 0 Å². The highest BCUT2D eigenvalue weighted by Crippen LogP contribution is 2.38. The number of imide groups is 1. The van der Waals surface area contributed by atoms with Crippen molar-refractivity contribution in [1.82, 2.24) is 15.5 Å². The van der Waals surface area contributed by atoms with Gasteiger partial charge in [-0.05, 0) is 6.42 Å². The van der Waals surface area contributed by atoms with E-state index in [2.05, 4.69) is 5.32 Å². The van der Waals surface area contributed by atoms with Crippen LogP contribution in [0.2, 0.25) is 0 Å². The van der Waals surface area contributed by atoms with Crippen LogP contribution in [0.25, 0.3) is 0 Å². The Labute approximate surface area is 108 Å². The molecule has 1 unspecified atom stereocenters. The minimum absolute atomic E-state index is 0.221. The van der Waals surface area contributed by atoms with Gasteiger partial charge >= 0.3 is 24.0 Å². The molecular formula is C9H8F5N3O3. The van der Waals surface area contributed by atoms with Crippen LogP contribution in [0.3, 0.4) is 0 Å². The Hall–Kier alpha value is -1.94. The molecule has 4 amide bonds. The molecule has 2 saturated heterocycles. The van der Waals surface area contributed by atoms with Gasteiger partial charge in [0, 0.05) is 6.54 Å². The fourth-order valence-electron chi connectivity index (χ4n) is 2.12. The first-order chi connectivity index (χ1) is 8.99. The topological polar surface area (TPSA) is 78.5 Å². The van der Waals surface area contributed by atoms with Crippen LogP contribution in [0.4, 0.5) is 26.7 Å². The third kappa shape index (κ3) is 1.96. The third-order valence-electron chi connectivity index (χ3n) is 3.20. The van der Waals surface area contributed by atoms with E-state index in [4.69, 9.17) is 0 Å². The highest BCUT2D eigenvalue weighted by Gasteiger charge is 2.66. The van der Waals surface area contributed by atoms with Crippen LogP contribution < -0.4 is 10.6 Å². The van der Waals surface area contributed by atoms with Crippen LogP contribution >= 0.6 is 0 Å². The predicted molar refractivity (Wildman–Crippen MR) is 51.6 cm³/mol. The zero-order chi connectivity index (χ0) is 15.3.